The molecule has 2 aromatic carbocycles. The van der Waals surface area contributed by atoms with Crippen molar-refractivity contribution in [1.29, 1.82) is 0 Å². The molecule has 1 aliphatic heterocycles. The third-order valence-corrected chi connectivity index (χ3v) is 4.73. The Hall–Kier alpha value is -4.07. The molecule has 8 heteroatoms. The zero-order chi connectivity index (χ0) is 21.8. The molecule has 4 rings (SSSR count). The molecule has 0 aliphatic carbocycles. The lowest BCUT2D eigenvalue weighted by molar-refractivity contribution is -0.120. The van der Waals surface area contributed by atoms with Gasteiger partial charge in [-0.1, -0.05) is 6.07 Å². The summed E-state index contributed by atoms with van der Waals surface area (Å²) in [6, 6.07) is 16.3. The van der Waals surface area contributed by atoms with Crippen LogP contribution in [0.2, 0.25) is 0 Å². The topological polar surface area (TPSA) is 83.9 Å². The molecule has 1 aromatic heterocycles. The Kier molecular flexibility index (Phi) is 5.70. The van der Waals surface area contributed by atoms with Gasteiger partial charge in [-0.2, -0.15) is 0 Å². The van der Waals surface area contributed by atoms with E-state index in [1.807, 2.05) is 12.1 Å². The van der Waals surface area contributed by atoms with E-state index in [-0.39, 0.29) is 18.9 Å². The molecular formula is C23H19FN4O3. The van der Waals surface area contributed by atoms with Crippen LogP contribution in [0.15, 0.2) is 71.9 Å². The van der Waals surface area contributed by atoms with Crippen LogP contribution >= 0.6 is 0 Å². The number of carbonyl (C=O) groups is 2. The van der Waals surface area contributed by atoms with Crippen LogP contribution in [0.5, 0.6) is 5.75 Å². The number of hydrogen-bond acceptors (Lipinski definition) is 5. The number of carbonyl (C=O) groups excluding carboxylic acids is 2. The van der Waals surface area contributed by atoms with Gasteiger partial charge in [0.05, 0.1) is 19.2 Å². The number of hydrogen-bond donors (Lipinski definition) is 1. The molecule has 7 nitrogen and oxygen atoms in total. The van der Waals surface area contributed by atoms with Crippen LogP contribution in [-0.4, -0.2) is 36.2 Å². The van der Waals surface area contributed by atoms with Crippen LogP contribution in [0.4, 0.5) is 21.6 Å². The second-order valence-corrected chi connectivity index (χ2v) is 6.85. The number of nitrogens with one attached hydrogen (secondary N) is 1. The first-order valence-corrected chi connectivity index (χ1v) is 9.56. The molecule has 0 saturated carbocycles. The van der Waals surface area contributed by atoms with Gasteiger partial charge in [-0.15, -0.1) is 0 Å². The summed E-state index contributed by atoms with van der Waals surface area (Å²) < 4.78 is 18.6. The first-order valence-electron chi connectivity index (χ1n) is 9.56. The van der Waals surface area contributed by atoms with E-state index >= 15 is 0 Å². The van der Waals surface area contributed by atoms with E-state index in [0.717, 1.165) is 5.56 Å². The van der Waals surface area contributed by atoms with Crippen LogP contribution in [0.1, 0.15) is 12.0 Å². The fourth-order valence-electron chi connectivity index (χ4n) is 3.25. The molecule has 0 saturated heterocycles. The van der Waals surface area contributed by atoms with Gasteiger partial charge in [-0.3, -0.25) is 14.5 Å². The summed E-state index contributed by atoms with van der Waals surface area (Å²) in [5.74, 6) is -0.259. The van der Waals surface area contributed by atoms with Crippen LogP contribution in [0.25, 0.3) is 0 Å². The van der Waals surface area contributed by atoms with Gasteiger partial charge < -0.3 is 10.1 Å². The smallest absolute Gasteiger partial charge is 0.244 e. The van der Waals surface area contributed by atoms with Crippen molar-refractivity contribution < 1.29 is 18.7 Å². The summed E-state index contributed by atoms with van der Waals surface area (Å²) in [6.07, 6.45) is 1.54. The molecule has 3 aromatic rings. The van der Waals surface area contributed by atoms with Gasteiger partial charge in [0.2, 0.25) is 11.8 Å². The van der Waals surface area contributed by atoms with E-state index in [0.29, 0.717) is 28.7 Å². The third kappa shape index (κ3) is 4.58. The molecule has 1 aliphatic rings. The maximum Gasteiger partial charge on any atom is 0.244 e. The maximum atomic E-state index is 13.4. The number of fused-ring (bicyclic) bond motifs is 1. The summed E-state index contributed by atoms with van der Waals surface area (Å²) in [7, 11) is 1.58. The number of ether oxygens (including phenoxy) is 1. The van der Waals surface area contributed by atoms with Crippen LogP contribution < -0.4 is 15.0 Å². The summed E-state index contributed by atoms with van der Waals surface area (Å²) in [4.78, 5) is 35.9. The molecule has 0 fully saturated rings. The Morgan fingerprint density at radius 1 is 1.16 bits per heavy atom. The summed E-state index contributed by atoms with van der Waals surface area (Å²) in [5.41, 5.74) is 2.13. The Balaban J connectivity index is 1.60. The van der Waals surface area contributed by atoms with Crippen molar-refractivity contribution in [3.05, 3.63) is 78.2 Å². The molecule has 156 valence electrons. The minimum atomic E-state index is -0.469. The molecule has 31 heavy (non-hydrogen) atoms. The number of nitrogens with zero attached hydrogens (tertiary/aromatic N) is 3. The molecular weight excluding hydrogens is 399 g/mol. The molecule has 0 radical (unpaired) electrons. The molecule has 0 bridgehead atoms. The minimum absolute atomic E-state index is 0.00403. The summed E-state index contributed by atoms with van der Waals surface area (Å²) >= 11 is 0. The van der Waals surface area contributed by atoms with E-state index in [1.165, 1.54) is 29.3 Å². The predicted octanol–water partition coefficient (Wildman–Crippen LogP) is 3.73. The number of anilines is 2. The van der Waals surface area contributed by atoms with Crippen LogP contribution in [-0.2, 0) is 9.59 Å². The van der Waals surface area contributed by atoms with Crippen molar-refractivity contribution in [3.63, 3.8) is 0 Å². The van der Waals surface area contributed by atoms with Gasteiger partial charge in [-0.05, 0) is 60.2 Å². The normalized spacial score (nSPS) is 13.2. The van der Waals surface area contributed by atoms with Crippen LogP contribution in [0, 0.1) is 5.82 Å². The van der Waals surface area contributed by atoms with Gasteiger partial charge in [0.1, 0.15) is 23.8 Å². The lowest BCUT2D eigenvalue weighted by atomic mass is 10.1. The molecule has 2 amide bonds. The number of benzene rings is 2. The minimum Gasteiger partial charge on any atom is -0.497 e. The van der Waals surface area contributed by atoms with Crippen molar-refractivity contribution in [2.75, 3.05) is 23.9 Å². The predicted molar refractivity (Wildman–Crippen MR) is 115 cm³/mol. The average molecular weight is 418 g/mol. The Labute approximate surface area is 178 Å². The number of aromatic nitrogens is 1. The Morgan fingerprint density at radius 2 is 1.97 bits per heavy atom. The summed E-state index contributed by atoms with van der Waals surface area (Å²) in [6.45, 7) is -0.273. The molecule has 0 atom stereocenters. The van der Waals surface area contributed by atoms with E-state index in [2.05, 4.69) is 15.3 Å². The highest BCUT2D eigenvalue weighted by molar-refractivity contribution is 6.18. The number of rotatable bonds is 5. The van der Waals surface area contributed by atoms with Gasteiger partial charge in [-0.25, -0.2) is 14.4 Å². The third-order valence-electron chi connectivity index (χ3n) is 4.73. The highest BCUT2D eigenvalue weighted by Crippen LogP contribution is 2.31. The lowest BCUT2D eigenvalue weighted by Gasteiger charge is -2.20. The summed E-state index contributed by atoms with van der Waals surface area (Å²) in [5, 5.41) is 2.61. The van der Waals surface area contributed by atoms with Gasteiger partial charge >= 0.3 is 0 Å². The van der Waals surface area contributed by atoms with Gasteiger partial charge in [0.25, 0.3) is 0 Å². The Morgan fingerprint density at radius 3 is 2.71 bits per heavy atom. The second kappa shape index (κ2) is 8.74. The fraction of sp³-hybridized carbons (Fsp3) is 0.130. The monoisotopic (exact) mass is 418 g/mol. The SMILES string of the molecule is COc1ccc(C2=Nc3cccnc3N(CC(=O)Nc3cccc(F)c3)C(=O)C2)cc1. The maximum absolute atomic E-state index is 13.4. The average Bonchev–Trinajstić information content (AvgIpc) is 2.90. The standard InChI is InChI=1S/C23H19FN4O3/c1-31-18-9-7-15(8-10-18)20-13-22(30)28(23-19(27-20)6-3-11-25-23)14-21(29)26-17-5-2-4-16(24)12-17/h2-12H,13-14H2,1H3,(H,26,29). The van der Waals surface area contributed by atoms with E-state index in [9.17, 15) is 14.0 Å². The molecule has 1 N–H and O–H groups in total. The number of methoxy groups -OCH3 is 1. The van der Waals surface area contributed by atoms with Crippen molar-refractivity contribution in [2.45, 2.75) is 6.42 Å². The lowest BCUT2D eigenvalue weighted by Crippen LogP contribution is -2.39. The zero-order valence-electron chi connectivity index (χ0n) is 16.7. The van der Waals surface area contributed by atoms with Crippen molar-refractivity contribution in [1.82, 2.24) is 4.98 Å². The van der Waals surface area contributed by atoms with E-state index in [4.69, 9.17) is 4.74 Å². The number of aliphatic imine (C=N–C) groups is 1. The second-order valence-electron chi connectivity index (χ2n) is 6.85. The van der Waals surface area contributed by atoms with Crippen molar-refractivity contribution in [3.8, 4) is 5.75 Å². The van der Waals surface area contributed by atoms with Gasteiger partial charge in [0, 0.05) is 11.9 Å². The number of pyridine rings is 1. The molecule has 2 heterocycles. The first-order chi connectivity index (χ1) is 15.0. The quantitative estimate of drug-likeness (QED) is 0.684. The number of amides is 2. The highest BCUT2D eigenvalue weighted by atomic mass is 19.1. The Bertz CT molecular complexity index is 1160. The van der Waals surface area contributed by atoms with Crippen molar-refractivity contribution >= 4 is 34.7 Å². The fourth-order valence-corrected chi connectivity index (χ4v) is 3.25. The zero-order valence-corrected chi connectivity index (χ0v) is 16.7. The molecule has 0 spiro atoms. The molecule has 0 unspecified atom stereocenters. The largest absolute Gasteiger partial charge is 0.497 e. The van der Waals surface area contributed by atoms with Gasteiger partial charge in [0.15, 0.2) is 5.82 Å². The van der Waals surface area contributed by atoms with Crippen LogP contribution in [0.3, 0.4) is 0 Å². The highest BCUT2D eigenvalue weighted by Gasteiger charge is 2.27. The van der Waals surface area contributed by atoms with Crippen molar-refractivity contribution in [2.24, 2.45) is 4.99 Å². The van der Waals surface area contributed by atoms with E-state index < -0.39 is 11.7 Å². The van der Waals surface area contributed by atoms with E-state index in [1.54, 1.807) is 37.4 Å². The number of halogens is 1. The first kappa shape index (κ1) is 20.2.